The molecule has 1 aliphatic rings. The van der Waals surface area contributed by atoms with Gasteiger partial charge in [0.2, 0.25) is 5.95 Å². The zero-order valence-corrected chi connectivity index (χ0v) is 19.4. The number of aromatic nitrogens is 3. The van der Waals surface area contributed by atoms with Gasteiger partial charge in [0.05, 0.1) is 29.4 Å². The Kier molecular flexibility index (Phi) is 6.47. The number of hydrogen-bond acceptors (Lipinski definition) is 7. The number of halogens is 1. The summed E-state index contributed by atoms with van der Waals surface area (Å²) in [6.07, 6.45) is -1.05. The molecule has 35 heavy (non-hydrogen) atoms. The molecule has 1 amide bonds. The van der Waals surface area contributed by atoms with Crippen LogP contribution in [0.3, 0.4) is 0 Å². The number of rotatable bonds is 5. The van der Waals surface area contributed by atoms with Crippen LogP contribution in [-0.4, -0.2) is 27.0 Å². The quantitative estimate of drug-likeness (QED) is 0.549. The van der Waals surface area contributed by atoms with Crippen LogP contribution in [0.5, 0.6) is 0 Å². The van der Waals surface area contributed by atoms with Crippen LogP contribution in [0.25, 0.3) is 0 Å². The van der Waals surface area contributed by atoms with Crippen molar-refractivity contribution in [2.75, 3.05) is 10.2 Å². The number of allylic oxidation sites excluding steroid dienone is 2. The number of ether oxygens (including phenoxy) is 1. The van der Waals surface area contributed by atoms with Crippen LogP contribution in [-0.2, 0) is 11.4 Å². The van der Waals surface area contributed by atoms with Crippen LogP contribution in [0.4, 0.5) is 26.8 Å². The molecule has 1 aromatic heterocycles. The fourth-order valence-corrected chi connectivity index (χ4v) is 3.90. The number of hydrogen-bond donors (Lipinski definition) is 1. The summed E-state index contributed by atoms with van der Waals surface area (Å²) in [5, 5.41) is 26.3. The largest absolute Gasteiger partial charge is 0.447 e. The Bertz CT molecular complexity index is 1380. The monoisotopic (exact) mass is 471 g/mol. The highest BCUT2D eigenvalue weighted by atomic mass is 19.1. The third-order valence-electron chi connectivity index (χ3n) is 5.41. The van der Waals surface area contributed by atoms with Crippen molar-refractivity contribution in [2.45, 2.75) is 39.6 Å². The number of alkyl halides is 1. The molecule has 0 unspecified atom stereocenters. The van der Waals surface area contributed by atoms with Gasteiger partial charge in [-0.05, 0) is 56.2 Å². The summed E-state index contributed by atoms with van der Waals surface area (Å²) >= 11 is 0. The Labute approximate surface area is 201 Å². The first-order valence-corrected chi connectivity index (χ1v) is 10.9. The number of carbonyl (C=O) groups excluding carboxylic acids is 1. The Balaban J connectivity index is 1.89. The third-order valence-corrected chi connectivity index (χ3v) is 5.41. The summed E-state index contributed by atoms with van der Waals surface area (Å²) in [4.78, 5) is 18.4. The number of amides is 1. The van der Waals surface area contributed by atoms with Gasteiger partial charge in [0.25, 0.3) is 5.95 Å². The lowest BCUT2D eigenvalue weighted by Gasteiger charge is -2.34. The summed E-state index contributed by atoms with van der Waals surface area (Å²) in [5.74, 6) is 0.314. The molecule has 0 aliphatic carbocycles. The van der Waals surface area contributed by atoms with Gasteiger partial charge in [0.15, 0.2) is 0 Å². The van der Waals surface area contributed by atoms with Crippen LogP contribution < -0.4 is 10.2 Å². The zero-order valence-electron chi connectivity index (χ0n) is 19.4. The maximum atomic E-state index is 13.4. The maximum absolute atomic E-state index is 13.4. The van der Waals surface area contributed by atoms with E-state index in [1.807, 2.05) is 0 Å². The predicted octanol–water partition coefficient (Wildman–Crippen LogP) is 5.11. The van der Waals surface area contributed by atoms with Crippen molar-refractivity contribution in [3.05, 3.63) is 76.5 Å². The molecule has 0 saturated heterocycles. The molecule has 176 valence electrons. The van der Waals surface area contributed by atoms with E-state index >= 15 is 0 Å². The van der Waals surface area contributed by atoms with E-state index in [9.17, 15) is 14.4 Å². The minimum atomic E-state index is -0.714. The molecule has 0 radical (unpaired) electrons. The fourth-order valence-electron chi connectivity index (χ4n) is 3.90. The van der Waals surface area contributed by atoms with E-state index in [0.717, 1.165) is 0 Å². The topological polar surface area (TPSA) is 120 Å². The molecule has 2 aromatic carbocycles. The highest BCUT2D eigenvalue weighted by Crippen LogP contribution is 2.42. The highest BCUT2D eigenvalue weighted by molar-refractivity contribution is 5.83. The first-order chi connectivity index (χ1) is 16.9. The standard InChI is InChI=1S/C25H22FN7O2/c1-15(2)35-25(34)30-23-29-24-32(20-6-4-5-18(11-20)12-26)16(3)21(14-28)22(33(24)31-23)19-9-7-17(13-27)8-10-19/h4-11,15,22H,12H2,1-3H3,(H,30,31,34)/t22-/m1/s1. The lowest BCUT2D eigenvalue weighted by molar-refractivity contribution is 0.129. The molecule has 0 bridgehead atoms. The second kappa shape index (κ2) is 9.65. The van der Waals surface area contributed by atoms with Crippen molar-refractivity contribution >= 4 is 23.7 Å². The summed E-state index contributed by atoms with van der Waals surface area (Å²) in [6, 6.07) is 17.3. The maximum Gasteiger partial charge on any atom is 0.414 e. The number of nitrogens with zero attached hydrogens (tertiary/aromatic N) is 6. The van der Waals surface area contributed by atoms with E-state index in [4.69, 9.17) is 10.00 Å². The molecule has 0 spiro atoms. The van der Waals surface area contributed by atoms with Crippen LogP contribution in [0.15, 0.2) is 59.8 Å². The predicted molar refractivity (Wildman–Crippen MR) is 126 cm³/mol. The van der Waals surface area contributed by atoms with Gasteiger partial charge in [-0.1, -0.05) is 24.3 Å². The Morgan fingerprint density at radius 2 is 1.94 bits per heavy atom. The van der Waals surface area contributed by atoms with Crippen molar-refractivity contribution in [1.29, 1.82) is 10.5 Å². The van der Waals surface area contributed by atoms with Crippen molar-refractivity contribution in [2.24, 2.45) is 0 Å². The molecular formula is C25H22FN7O2. The van der Waals surface area contributed by atoms with Gasteiger partial charge >= 0.3 is 6.09 Å². The number of nitriles is 2. The summed E-state index contributed by atoms with van der Waals surface area (Å²) < 4.78 is 20.1. The lowest BCUT2D eigenvalue weighted by atomic mass is 9.95. The van der Waals surface area contributed by atoms with Crippen molar-refractivity contribution in [3.8, 4) is 12.1 Å². The second-order valence-electron chi connectivity index (χ2n) is 8.15. The SMILES string of the molecule is CC1=C(C#N)[C@@H](c2ccc(C#N)cc2)n2nc(NC(=O)OC(C)C)nc2N1c1cccc(CF)c1. The summed E-state index contributed by atoms with van der Waals surface area (Å²) in [5.41, 5.74) is 3.20. The minimum Gasteiger partial charge on any atom is -0.447 e. The molecular weight excluding hydrogens is 449 g/mol. The van der Waals surface area contributed by atoms with Crippen LogP contribution in [0.2, 0.25) is 0 Å². The number of benzene rings is 2. The molecule has 1 aliphatic heterocycles. The molecule has 0 saturated carbocycles. The molecule has 2 heterocycles. The van der Waals surface area contributed by atoms with Gasteiger partial charge in [-0.3, -0.25) is 10.2 Å². The average Bonchev–Trinajstić information content (AvgIpc) is 3.25. The third kappa shape index (κ3) is 4.55. The summed E-state index contributed by atoms with van der Waals surface area (Å²) in [6.45, 7) is 4.57. The molecule has 1 atom stereocenters. The van der Waals surface area contributed by atoms with Crippen LogP contribution in [0, 0.1) is 22.7 Å². The number of anilines is 3. The van der Waals surface area contributed by atoms with Gasteiger partial charge in [-0.2, -0.15) is 15.5 Å². The average molecular weight is 471 g/mol. The van der Waals surface area contributed by atoms with Gasteiger partial charge in [0.1, 0.15) is 12.7 Å². The van der Waals surface area contributed by atoms with E-state index in [-0.39, 0.29) is 12.1 Å². The Hall–Kier alpha value is -4.70. The van der Waals surface area contributed by atoms with Gasteiger partial charge in [0, 0.05) is 11.4 Å². The first kappa shape index (κ1) is 23.5. The molecule has 0 fully saturated rings. The molecule has 3 aromatic rings. The number of carbonyl (C=O) groups is 1. The molecule has 4 rings (SSSR count). The van der Waals surface area contributed by atoms with Crippen molar-refractivity contribution in [1.82, 2.24) is 14.8 Å². The Morgan fingerprint density at radius 1 is 1.20 bits per heavy atom. The second-order valence-corrected chi connectivity index (χ2v) is 8.15. The van der Waals surface area contributed by atoms with Gasteiger partial charge in [-0.15, -0.1) is 5.10 Å². The van der Waals surface area contributed by atoms with Gasteiger partial charge in [-0.25, -0.2) is 13.9 Å². The summed E-state index contributed by atoms with van der Waals surface area (Å²) in [7, 11) is 0. The van der Waals surface area contributed by atoms with E-state index in [1.165, 1.54) is 4.68 Å². The Morgan fingerprint density at radius 3 is 2.57 bits per heavy atom. The van der Waals surface area contributed by atoms with E-state index in [0.29, 0.717) is 39.6 Å². The van der Waals surface area contributed by atoms with Crippen LogP contribution in [0.1, 0.15) is 43.5 Å². The van der Waals surface area contributed by atoms with Crippen molar-refractivity contribution in [3.63, 3.8) is 0 Å². The van der Waals surface area contributed by atoms with Crippen molar-refractivity contribution < 1.29 is 13.9 Å². The molecule has 9 nitrogen and oxygen atoms in total. The fraction of sp³-hybridized carbons (Fsp3) is 0.240. The number of fused-ring (bicyclic) bond motifs is 1. The normalized spacial score (nSPS) is 14.8. The van der Waals surface area contributed by atoms with E-state index in [1.54, 1.807) is 74.2 Å². The zero-order chi connectivity index (χ0) is 25.1. The van der Waals surface area contributed by atoms with Gasteiger partial charge < -0.3 is 4.74 Å². The molecule has 10 heteroatoms. The highest BCUT2D eigenvalue weighted by Gasteiger charge is 2.36. The first-order valence-electron chi connectivity index (χ1n) is 10.9. The number of nitrogens with one attached hydrogen (secondary N) is 1. The molecule has 1 N–H and O–H groups in total. The van der Waals surface area contributed by atoms with Crippen LogP contribution >= 0.6 is 0 Å². The lowest BCUT2D eigenvalue weighted by Crippen LogP contribution is -2.30. The smallest absolute Gasteiger partial charge is 0.414 e. The minimum absolute atomic E-state index is 0.0112. The van der Waals surface area contributed by atoms with E-state index < -0.39 is 18.8 Å². The van der Waals surface area contributed by atoms with E-state index in [2.05, 4.69) is 27.5 Å².